The largest absolute Gasteiger partial charge is 0.777 e. The Labute approximate surface area is 248 Å². The van der Waals surface area contributed by atoms with Gasteiger partial charge in [0.1, 0.15) is 18.2 Å². The Morgan fingerprint density at radius 3 is 2.49 bits per heavy atom. The Morgan fingerprint density at radius 1 is 1.00 bits per heavy atom. The maximum atomic E-state index is 12.2. The summed E-state index contributed by atoms with van der Waals surface area (Å²) in [6.07, 6.45) is 13.9. The number of nitrogens with two attached hydrogens (primary N) is 1. The van der Waals surface area contributed by atoms with E-state index in [4.69, 9.17) is 15.0 Å². The smallest absolute Gasteiger partial charge is 0.165 e. The summed E-state index contributed by atoms with van der Waals surface area (Å²) in [6.45, 7) is 2.36. The highest BCUT2D eigenvalue weighted by Gasteiger charge is 2.14. The fourth-order valence-corrected chi connectivity index (χ4v) is 6.10. The quantitative estimate of drug-likeness (QED) is 0.0939. The van der Waals surface area contributed by atoms with Gasteiger partial charge in [0, 0.05) is 12.0 Å². The minimum Gasteiger partial charge on any atom is -0.777 e. The van der Waals surface area contributed by atoms with Crippen LogP contribution in [0.25, 0.3) is 11.2 Å². The number of nitrogens with zero attached hydrogens (tertiary/aromatic N) is 4. The molecule has 2 atom stereocenters. The zero-order valence-corrected chi connectivity index (χ0v) is 25.8. The van der Waals surface area contributed by atoms with Gasteiger partial charge in [0.15, 0.2) is 19.1 Å². The van der Waals surface area contributed by atoms with E-state index in [1.54, 1.807) is 17.8 Å². The predicted octanol–water partition coefficient (Wildman–Crippen LogP) is 6.03. The highest BCUT2D eigenvalue weighted by molar-refractivity contribution is 7.99. The van der Waals surface area contributed by atoms with E-state index in [2.05, 4.69) is 38.9 Å². The van der Waals surface area contributed by atoms with E-state index >= 15 is 0 Å². The van der Waals surface area contributed by atoms with Crippen molar-refractivity contribution in [3.05, 3.63) is 48.5 Å². The molecule has 0 saturated carbocycles. The Kier molecular flexibility index (Phi) is 15.3. The van der Waals surface area contributed by atoms with Gasteiger partial charge in [-0.05, 0) is 49.8 Å². The fraction of sp³-hybridized carbons (Fsp3) is 0.567. The van der Waals surface area contributed by atoms with Gasteiger partial charge in [-0.15, -0.1) is 0 Å². The van der Waals surface area contributed by atoms with E-state index in [9.17, 15) is 9.46 Å². The van der Waals surface area contributed by atoms with Crippen LogP contribution in [-0.4, -0.2) is 50.1 Å². The lowest BCUT2D eigenvalue weighted by molar-refractivity contribution is -0.205. The molecule has 2 aromatic heterocycles. The topological polar surface area (TPSA) is 128 Å². The Bertz CT molecular complexity index is 1260. The second kappa shape index (κ2) is 18.9. The number of thioether (sulfide) groups is 1. The average Bonchev–Trinajstić information content (AvgIpc) is 3.38. The highest BCUT2D eigenvalue weighted by atomic mass is 32.2. The average molecular weight is 601 g/mol. The molecule has 0 aliphatic carbocycles. The van der Waals surface area contributed by atoms with Gasteiger partial charge in [0.05, 0.1) is 25.6 Å². The van der Waals surface area contributed by atoms with Gasteiger partial charge >= 0.3 is 0 Å². The van der Waals surface area contributed by atoms with Crippen LogP contribution < -0.4 is 10.6 Å². The second-order valence-electron chi connectivity index (χ2n) is 10.1. The van der Waals surface area contributed by atoms with E-state index in [1.165, 1.54) is 57.7 Å². The molecule has 3 aromatic rings. The summed E-state index contributed by atoms with van der Waals surface area (Å²) in [7, 11) is -4.05. The van der Waals surface area contributed by atoms with Gasteiger partial charge in [-0.1, -0.05) is 68.6 Å². The molecule has 2 heterocycles. The normalized spacial score (nSPS) is 13.5. The number of hydrogen-bond acceptors (Lipinski definition) is 9. The van der Waals surface area contributed by atoms with E-state index in [-0.39, 0.29) is 12.7 Å². The van der Waals surface area contributed by atoms with Crippen LogP contribution in [0.5, 0.6) is 0 Å². The monoisotopic (exact) mass is 600 g/mol. The van der Waals surface area contributed by atoms with Gasteiger partial charge in [-0.25, -0.2) is 15.0 Å². The van der Waals surface area contributed by atoms with Gasteiger partial charge in [0.25, 0.3) is 0 Å². The molecule has 0 spiro atoms. The standard InChI is InChI=1S/C30H44N5O4PS/c1-26(22-35-24-34-28-29(31)32-23-33-30(28)35)38-25-40(36,37)39-19-15-21-41-20-14-9-7-5-3-2-4-6-8-11-16-27-17-12-10-13-18-27/h10,12-13,17-18,23-24,26H,2-9,14-15,19-22,25H2,1H3,(H,36,37)(H2,31,32,33)/p-1/t26-/m1/s1. The Balaban J connectivity index is 1.10. The number of benzene rings is 1. The van der Waals surface area contributed by atoms with Crippen molar-refractivity contribution in [3.8, 4) is 11.8 Å². The van der Waals surface area contributed by atoms with Crippen LogP contribution >= 0.6 is 19.4 Å². The molecule has 1 aromatic carbocycles. The molecule has 0 fully saturated rings. The highest BCUT2D eigenvalue weighted by Crippen LogP contribution is 2.37. The maximum Gasteiger partial charge on any atom is 0.165 e. The van der Waals surface area contributed by atoms with Crippen LogP contribution in [0.15, 0.2) is 43.0 Å². The molecule has 11 heteroatoms. The zero-order chi connectivity index (χ0) is 29.2. The van der Waals surface area contributed by atoms with Crippen LogP contribution in [0.3, 0.4) is 0 Å². The molecule has 0 aliphatic heterocycles. The summed E-state index contributed by atoms with van der Waals surface area (Å²) < 4.78 is 24.6. The third-order valence-electron chi connectivity index (χ3n) is 6.47. The number of fused-ring (bicyclic) bond motifs is 1. The lowest BCUT2D eigenvalue weighted by atomic mass is 10.1. The van der Waals surface area contributed by atoms with E-state index in [1.807, 2.05) is 30.0 Å². The zero-order valence-electron chi connectivity index (χ0n) is 24.1. The van der Waals surface area contributed by atoms with Gasteiger partial charge in [-0.3, -0.25) is 0 Å². The molecule has 0 aliphatic rings. The van der Waals surface area contributed by atoms with Crippen molar-refractivity contribution in [3.63, 3.8) is 0 Å². The molecule has 3 rings (SSSR count). The van der Waals surface area contributed by atoms with Crippen molar-refractivity contribution in [2.45, 2.75) is 83.8 Å². The molecule has 0 bridgehead atoms. The van der Waals surface area contributed by atoms with Crippen LogP contribution in [-0.2, 0) is 20.4 Å². The first kappa shape index (κ1) is 33.1. The maximum absolute atomic E-state index is 12.2. The predicted molar refractivity (Wildman–Crippen MR) is 166 cm³/mol. The molecule has 0 radical (unpaired) electrons. The lowest BCUT2D eigenvalue weighted by Crippen LogP contribution is -2.20. The minimum absolute atomic E-state index is 0.186. The van der Waals surface area contributed by atoms with Crippen LogP contribution in [0.1, 0.15) is 76.7 Å². The van der Waals surface area contributed by atoms with Crippen LogP contribution in [0.2, 0.25) is 0 Å². The van der Waals surface area contributed by atoms with Gasteiger partial charge in [-0.2, -0.15) is 11.8 Å². The Hall–Kier alpha value is -2.41. The molecular formula is C30H43N5O4PS-. The number of aromatic nitrogens is 4. The number of unbranched alkanes of at least 4 members (excludes halogenated alkanes) is 8. The first-order valence-electron chi connectivity index (χ1n) is 14.5. The van der Waals surface area contributed by atoms with Gasteiger partial charge in [0.2, 0.25) is 0 Å². The summed E-state index contributed by atoms with van der Waals surface area (Å²) in [4.78, 5) is 24.5. The third-order valence-corrected chi connectivity index (χ3v) is 8.66. The van der Waals surface area contributed by atoms with Crippen LogP contribution in [0, 0.1) is 11.8 Å². The second-order valence-corrected chi connectivity index (χ2v) is 13.1. The third kappa shape index (κ3) is 13.4. The molecular weight excluding hydrogens is 557 g/mol. The summed E-state index contributed by atoms with van der Waals surface area (Å²) in [5.74, 6) is 8.79. The van der Waals surface area contributed by atoms with Crippen molar-refractivity contribution >= 4 is 36.3 Å². The summed E-state index contributed by atoms with van der Waals surface area (Å²) >= 11 is 1.86. The summed E-state index contributed by atoms with van der Waals surface area (Å²) in [5, 5.41) is 0. The SMILES string of the molecule is C[C@H](Cn1cnc2c(N)ncnc21)OCP(=O)([O-])OCCCSCCCCCCCCCCC#Cc1ccccc1. The Morgan fingerprint density at radius 2 is 1.71 bits per heavy atom. The van der Waals surface area contributed by atoms with Crippen molar-refractivity contribution in [2.24, 2.45) is 0 Å². The van der Waals surface area contributed by atoms with E-state index in [0.717, 1.165) is 23.5 Å². The summed E-state index contributed by atoms with van der Waals surface area (Å²) in [6, 6.07) is 10.2. The molecule has 0 amide bonds. The molecule has 41 heavy (non-hydrogen) atoms. The lowest BCUT2D eigenvalue weighted by Gasteiger charge is -2.25. The van der Waals surface area contributed by atoms with Crippen molar-refractivity contribution in [1.29, 1.82) is 0 Å². The first-order valence-corrected chi connectivity index (χ1v) is 17.4. The molecule has 0 saturated heterocycles. The molecule has 224 valence electrons. The fourth-order valence-electron chi connectivity index (χ4n) is 4.25. The number of anilines is 1. The van der Waals surface area contributed by atoms with E-state index in [0.29, 0.717) is 29.9 Å². The summed E-state index contributed by atoms with van der Waals surface area (Å²) in [5.41, 5.74) is 8.00. The molecule has 9 nitrogen and oxygen atoms in total. The number of ether oxygens (including phenoxy) is 1. The van der Waals surface area contributed by atoms with Crippen molar-refractivity contribution in [2.75, 3.05) is 30.2 Å². The number of nitrogen functional groups attached to an aromatic ring is 1. The van der Waals surface area contributed by atoms with Crippen molar-refractivity contribution < 1.29 is 18.7 Å². The number of rotatable bonds is 20. The number of hydrogen-bond donors (Lipinski definition) is 1. The first-order chi connectivity index (χ1) is 19.9. The van der Waals surface area contributed by atoms with Gasteiger partial charge < -0.3 is 29.0 Å². The molecule has 2 N–H and O–H groups in total. The number of imidazole rings is 1. The van der Waals surface area contributed by atoms with E-state index < -0.39 is 13.9 Å². The van der Waals surface area contributed by atoms with Crippen molar-refractivity contribution in [1.82, 2.24) is 19.5 Å². The molecule has 1 unspecified atom stereocenters. The minimum atomic E-state index is -4.05. The van der Waals surface area contributed by atoms with Crippen LogP contribution in [0.4, 0.5) is 5.82 Å².